The molecule has 1 heterocycles. The summed E-state index contributed by atoms with van der Waals surface area (Å²) in [4.78, 5) is 14.3. The van der Waals surface area contributed by atoms with Crippen molar-refractivity contribution >= 4 is 11.6 Å². The SMILES string of the molecule is CC1(C)CCCN(C(=O)c2cccc(N)c2)C1. The molecule has 1 aliphatic heterocycles. The van der Waals surface area contributed by atoms with Crippen LogP contribution in [-0.2, 0) is 0 Å². The number of amides is 1. The van der Waals surface area contributed by atoms with Crippen LogP contribution in [0, 0.1) is 5.41 Å². The highest BCUT2D eigenvalue weighted by Crippen LogP contribution is 2.29. The zero-order chi connectivity index (χ0) is 12.5. The summed E-state index contributed by atoms with van der Waals surface area (Å²) in [6.07, 6.45) is 2.27. The molecule has 3 heteroatoms. The van der Waals surface area contributed by atoms with E-state index < -0.39 is 0 Å². The van der Waals surface area contributed by atoms with E-state index in [-0.39, 0.29) is 11.3 Å². The van der Waals surface area contributed by atoms with Gasteiger partial charge in [-0.05, 0) is 36.5 Å². The van der Waals surface area contributed by atoms with Crippen molar-refractivity contribution in [2.24, 2.45) is 5.41 Å². The number of nitrogen functional groups attached to an aromatic ring is 1. The van der Waals surface area contributed by atoms with Crippen LogP contribution in [0.4, 0.5) is 5.69 Å². The molecular formula is C14H20N2O. The van der Waals surface area contributed by atoms with Gasteiger partial charge in [0.1, 0.15) is 0 Å². The van der Waals surface area contributed by atoms with E-state index in [1.54, 1.807) is 12.1 Å². The van der Waals surface area contributed by atoms with Gasteiger partial charge in [0.25, 0.3) is 5.91 Å². The third-order valence-electron chi connectivity index (χ3n) is 3.32. The van der Waals surface area contributed by atoms with Crippen LogP contribution in [0.1, 0.15) is 37.0 Å². The maximum Gasteiger partial charge on any atom is 0.253 e. The van der Waals surface area contributed by atoms with Crippen LogP contribution in [0.15, 0.2) is 24.3 Å². The summed E-state index contributed by atoms with van der Waals surface area (Å²) in [5.74, 6) is 0.102. The minimum absolute atomic E-state index is 0.102. The molecule has 17 heavy (non-hydrogen) atoms. The van der Waals surface area contributed by atoms with Gasteiger partial charge in [0.2, 0.25) is 0 Å². The Balaban J connectivity index is 2.15. The highest BCUT2D eigenvalue weighted by Gasteiger charge is 2.29. The Morgan fingerprint density at radius 2 is 2.18 bits per heavy atom. The lowest BCUT2D eigenvalue weighted by atomic mass is 9.84. The van der Waals surface area contributed by atoms with Crippen LogP contribution in [0.5, 0.6) is 0 Å². The third kappa shape index (κ3) is 2.78. The normalized spacial score (nSPS) is 19.1. The molecule has 0 aliphatic carbocycles. The number of nitrogens with two attached hydrogens (primary N) is 1. The predicted molar refractivity (Wildman–Crippen MR) is 69.8 cm³/mol. The Bertz CT molecular complexity index is 426. The molecule has 1 aromatic rings. The van der Waals surface area contributed by atoms with Gasteiger partial charge in [0, 0.05) is 24.3 Å². The first-order valence-electron chi connectivity index (χ1n) is 6.13. The molecule has 0 spiro atoms. The van der Waals surface area contributed by atoms with E-state index in [0.717, 1.165) is 19.5 Å². The molecule has 1 saturated heterocycles. The molecule has 2 rings (SSSR count). The van der Waals surface area contributed by atoms with Gasteiger partial charge in [0.15, 0.2) is 0 Å². The minimum Gasteiger partial charge on any atom is -0.399 e. The van der Waals surface area contributed by atoms with E-state index in [9.17, 15) is 4.79 Å². The van der Waals surface area contributed by atoms with E-state index in [2.05, 4.69) is 13.8 Å². The number of carbonyl (C=O) groups is 1. The lowest BCUT2D eigenvalue weighted by Crippen LogP contribution is -2.43. The standard InChI is InChI=1S/C14H20N2O/c1-14(2)7-4-8-16(10-14)13(17)11-5-3-6-12(15)9-11/h3,5-6,9H,4,7-8,10,15H2,1-2H3. The average Bonchev–Trinajstić information content (AvgIpc) is 2.26. The molecule has 1 fully saturated rings. The maximum atomic E-state index is 12.3. The Morgan fingerprint density at radius 1 is 1.41 bits per heavy atom. The molecule has 1 aliphatic rings. The number of rotatable bonds is 1. The molecule has 0 bridgehead atoms. The predicted octanol–water partition coefficient (Wildman–Crippen LogP) is 2.53. The largest absolute Gasteiger partial charge is 0.399 e. The summed E-state index contributed by atoms with van der Waals surface area (Å²) < 4.78 is 0. The summed E-state index contributed by atoms with van der Waals surface area (Å²) in [5.41, 5.74) is 7.28. The van der Waals surface area contributed by atoms with Gasteiger partial charge in [-0.15, -0.1) is 0 Å². The fourth-order valence-corrected chi connectivity index (χ4v) is 2.45. The van der Waals surface area contributed by atoms with Gasteiger partial charge in [-0.1, -0.05) is 19.9 Å². The lowest BCUT2D eigenvalue weighted by molar-refractivity contribution is 0.0583. The molecule has 1 amide bonds. The first kappa shape index (κ1) is 12.0. The van der Waals surface area contributed by atoms with E-state index in [1.807, 2.05) is 17.0 Å². The number of hydrogen-bond acceptors (Lipinski definition) is 2. The highest BCUT2D eigenvalue weighted by molar-refractivity contribution is 5.95. The lowest BCUT2D eigenvalue weighted by Gasteiger charge is -2.38. The second-order valence-electron chi connectivity index (χ2n) is 5.62. The van der Waals surface area contributed by atoms with Gasteiger partial charge < -0.3 is 10.6 Å². The van der Waals surface area contributed by atoms with Crippen LogP contribution in [0.3, 0.4) is 0 Å². The van der Waals surface area contributed by atoms with Crippen molar-refractivity contribution in [1.82, 2.24) is 4.90 Å². The summed E-state index contributed by atoms with van der Waals surface area (Å²) in [6, 6.07) is 7.22. The number of nitrogens with zero attached hydrogens (tertiary/aromatic N) is 1. The molecule has 1 aromatic carbocycles. The first-order chi connectivity index (χ1) is 7.98. The number of piperidine rings is 1. The average molecular weight is 232 g/mol. The fourth-order valence-electron chi connectivity index (χ4n) is 2.45. The zero-order valence-corrected chi connectivity index (χ0v) is 10.6. The van der Waals surface area contributed by atoms with E-state index >= 15 is 0 Å². The zero-order valence-electron chi connectivity index (χ0n) is 10.6. The molecule has 0 saturated carbocycles. The van der Waals surface area contributed by atoms with Crippen molar-refractivity contribution in [3.8, 4) is 0 Å². The summed E-state index contributed by atoms with van der Waals surface area (Å²) in [7, 11) is 0. The van der Waals surface area contributed by atoms with Crippen molar-refractivity contribution in [2.45, 2.75) is 26.7 Å². The van der Waals surface area contributed by atoms with Crippen molar-refractivity contribution in [3.63, 3.8) is 0 Å². The van der Waals surface area contributed by atoms with Gasteiger partial charge in [-0.2, -0.15) is 0 Å². The molecule has 0 unspecified atom stereocenters. The van der Waals surface area contributed by atoms with Crippen LogP contribution >= 0.6 is 0 Å². The monoisotopic (exact) mass is 232 g/mol. The first-order valence-corrected chi connectivity index (χ1v) is 6.13. The Morgan fingerprint density at radius 3 is 2.82 bits per heavy atom. The summed E-state index contributed by atoms with van der Waals surface area (Å²) in [6.45, 7) is 6.12. The maximum absolute atomic E-state index is 12.3. The molecular weight excluding hydrogens is 212 g/mol. The Kier molecular flexibility index (Phi) is 3.09. The highest BCUT2D eigenvalue weighted by atomic mass is 16.2. The Labute approximate surface area is 103 Å². The molecule has 2 N–H and O–H groups in total. The van der Waals surface area contributed by atoms with Crippen LogP contribution in [0.2, 0.25) is 0 Å². The van der Waals surface area contributed by atoms with Crippen LogP contribution in [-0.4, -0.2) is 23.9 Å². The number of hydrogen-bond donors (Lipinski definition) is 1. The quantitative estimate of drug-likeness (QED) is 0.756. The summed E-state index contributed by atoms with van der Waals surface area (Å²) >= 11 is 0. The fraction of sp³-hybridized carbons (Fsp3) is 0.500. The molecule has 0 radical (unpaired) electrons. The number of carbonyl (C=O) groups excluding carboxylic acids is 1. The topological polar surface area (TPSA) is 46.3 Å². The second kappa shape index (κ2) is 4.40. The van der Waals surface area contributed by atoms with Crippen molar-refractivity contribution in [1.29, 1.82) is 0 Å². The smallest absolute Gasteiger partial charge is 0.253 e. The van der Waals surface area contributed by atoms with Crippen molar-refractivity contribution in [2.75, 3.05) is 18.8 Å². The molecule has 3 nitrogen and oxygen atoms in total. The van der Waals surface area contributed by atoms with E-state index in [0.29, 0.717) is 11.3 Å². The molecule has 0 aromatic heterocycles. The number of benzene rings is 1. The Hall–Kier alpha value is -1.51. The van der Waals surface area contributed by atoms with Gasteiger partial charge in [0.05, 0.1) is 0 Å². The minimum atomic E-state index is 0.102. The molecule has 92 valence electrons. The van der Waals surface area contributed by atoms with Crippen LogP contribution in [0.25, 0.3) is 0 Å². The van der Waals surface area contributed by atoms with Crippen LogP contribution < -0.4 is 5.73 Å². The van der Waals surface area contributed by atoms with Gasteiger partial charge in [-0.3, -0.25) is 4.79 Å². The van der Waals surface area contributed by atoms with Crippen molar-refractivity contribution in [3.05, 3.63) is 29.8 Å². The van der Waals surface area contributed by atoms with E-state index in [4.69, 9.17) is 5.73 Å². The molecule has 0 atom stereocenters. The summed E-state index contributed by atoms with van der Waals surface area (Å²) in [5, 5.41) is 0. The number of likely N-dealkylation sites (tertiary alicyclic amines) is 1. The van der Waals surface area contributed by atoms with Crippen molar-refractivity contribution < 1.29 is 4.79 Å². The third-order valence-corrected chi connectivity index (χ3v) is 3.32. The van der Waals surface area contributed by atoms with E-state index in [1.165, 1.54) is 6.42 Å². The number of anilines is 1. The second-order valence-corrected chi connectivity index (χ2v) is 5.62. The van der Waals surface area contributed by atoms with Gasteiger partial charge in [-0.25, -0.2) is 0 Å². The van der Waals surface area contributed by atoms with Gasteiger partial charge >= 0.3 is 0 Å².